The van der Waals surface area contributed by atoms with Gasteiger partial charge in [-0.05, 0) is 13.0 Å². The average Bonchev–Trinajstić information content (AvgIpc) is 3.20. The average molecular weight is 370 g/mol. The monoisotopic (exact) mass is 370 g/mol. The van der Waals surface area contributed by atoms with E-state index >= 15 is 0 Å². The predicted octanol–water partition coefficient (Wildman–Crippen LogP) is 2.77. The molecule has 27 heavy (non-hydrogen) atoms. The molecule has 10 heteroatoms. The number of anilines is 3. The molecule has 4 aromatic rings. The SMILES string of the molecule is C[C@H](c1ncc(F)cc1F)n1ccc2c(Nc3cn(C)cn3)nc(N)nc21. The molecule has 0 aliphatic rings. The Morgan fingerprint density at radius 1 is 1.22 bits per heavy atom. The first-order valence-corrected chi connectivity index (χ1v) is 8.12. The molecule has 4 rings (SSSR count). The molecule has 0 amide bonds. The number of hydrogen-bond donors (Lipinski definition) is 2. The molecule has 0 radical (unpaired) electrons. The Morgan fingerprint density at radius 3 is 2.74 bits per heavy atom. The van der Waals surface area contributed by atoms with Crippen molar-refractivity contribution in [1.29, 1.82) is 0 Å². The normalized spacial score (nSPS) is 12.4. The summed E-state index contributed by atoms with van der Waals surface area (Å²) in [5.41, 5.74) is 6.46. The number of nitrogens with two attached hydrogens (primary N) is 1. The molecule has 0 saturated heterocycles. The quantitative estimate of drug-likeness (QED) is 0.573. The van der Waals surface area contributed by atoms with E-state index in [9.17, 15) is 8.78 Å². The third kappa shape index (κ3) is 3.05. The van der Waals surface area contributed by atoms with Crippen LogP contribution in [0.2, 0.25) is 0 Å². The van der Waals surface area contributed by atoms with Crippen molar-refractivity contribution in [2.24, 2.45) is 7.05 Å². The molecule has 4 aromatic heterocycles. The van der Waals surface area contributed by atoms with Gasteiger partial charge in [0.2, 0.25) is 5.95 Å². The molecule has 138 valence electrons. The predicted molar refractivity (Wildman–Crippen MR) is 96.4 cm³/mol. The van der Waals surface area contributed by atoms with Crippen LogP contribution in [0.15, 0.2) is 37.1 Å². The van der Waals surface area contributed by atoms with Crippen LogP contribution in [0.3, 0.4) is 0 Å². The van der Waals surface area contributed by atoms with Crippen molar-refractivity contribution >= 4 is 28.6 Å². The number of fused-ring (bicyclic) bond motifs is 1. The van der Waals surface area contributed by atoms with Crippen LogP contribution in [-0.2, 0) is 7.05 Å². The molecule has 0 aromatic carbocycles. The van der Waals surface area contributed by atoms with Crippen LogP contribution in [0.5, 0.6) is 0 Å². The van der Waals surface area contributed by atoms with Gasteiger partial charge in [0.15, 0.2) is 0 Å². The number of aryl methyl sites for hydroxylation is 1. The fourth-order valence-electron chi connectivity index (χ4n) is 2.92. The molecular weight excluding hydrogens is 354 g/mol. The molecule has 0 aliphatic heterocycles. The van der Waals surface area contributed by atoms with Crippen LogP contribution in [0.1, 0.15) is 18.7 Å². The zero-order valence-corrected chi connectivity index (χ0v) is 14.6. The lowest BCUT2D eigenvalue weighted by Crippen LogP contribution is -2.11. The Labute approximate surface area is 152 Å². The molecule has 0 spiro atoms. The van der Waals surface area contributed by atoms with Gasteiger partial charge in [0.1, 0.15) is 28.9 Å². The zero-order chi connectivity index (χ0) is 19.1. The van der Waals surface area contributed by atoms with E-state index in [0.717, 1.165) is 12.3 Å². The molecule has 8 nitrogen and oxygen atoms in total. The lowest BCUT2D eigenvalue weighted by atomic mass is 10.2. The summed E-state index contributed by atoms with van der Waals surface area (Å²) in [5, 5.41) is 3.79. The van der Waals surface area contributed by atoms with Gasteiger partial charge in [-0.25, -0.2) is 13.8 Å². The largest absolute Gasteiger partial charge is 0.368 e. The molecule has 3 N–H and O–H groups in total. The maximum Gasteiger partial charge on any atom is 0.224 e. The Morgan fingerprint density at radius 2 is 2.04 bits per heavy atom. The molecule has 0 unspecified atom stereocenters. The smallest absolute Gasteiger partial charge is 0.224 e. The van der Waals surface area contributed by atoms with Gasteiger partial charge in [-0.15, -0.1) is 0 Å². The van der Waals surface area contributed by atoms with E-state index in [4.69, 9.17) is 5.73 Å². The number of hydrogen-bond acceptors (Lipinski definition) is 6. The van der Waals surface area contributed by atoms with Crippen molar-refractivity contribution in [3.63, 3.8) is 0 Å². The van der Waals surface area contributed by atoms with Crippen molar-refractivity contribution in [1.82, 2.24) is 29.1 Å². The highest BCUT2D eigenvalue weighted by molar-refractivity contribution is 5.90. The number of imidazole rings is 1. The van der Waals surface area contributed by atoms with E-state index in [-0.39, 0.29) is 11.6 Å². The van der Waals surface area contributed by atoms with E-state index in [1.807, 2.05) is 7.05 Å². The number of halogens is 2. The Kier molecular flexibility index (Phi) is 3.94. The summed E-state index contributed by atoms with van der Waals surface area (Å²) in [4.78, 5) is 16.6. The van der Waals surface area contributed by atoms with Crippen LogP contribution in [-0.4, -0.2) is 29.1 Å². The lowest BCUT2D eigenvalue weighted by Gasteiger charge is -2.15. The first kappa shape index (κ1) is 16.9. The first-order valence-electron chi connectivity index (χ1n) is 8.12. The first-order chi connectivity index (χ1) is 12.9. The molecule has 1 atom stereocenters. The number of pyridine rings is 1. The summed E-state index contributed by atoms with van der Waals surface area (Å²) in [6.45, 7) is 1.74. The zero-order valence-electron chi connectivity index (χ0n) is 14.6. The van der Waals surface area contributed by atoms with E-state index in [0.29, 0.717) is 22.7 Å². The molecular formula is C17H16F2N8. The van der Waals surface area contributed by atoms with Gasteiger partial charge in [0, 0.05) is 25.5 Å². The van der Waals surface area contributed by atoms with Gasteiger partial charge in [0.05, 0.1) is 29.6 Å². The second kappa shape index (κ2) is 6.31. The van der Waals surface area contributed by atoms with E-state index in [1.165, 1.54) is 0 Å². The minimum Gasteiger partial charge on any atom is -0.368 e. The van der Waals surface area contributed by atoms with Gasteiger partial charge in [-0.3, -0.25) is 4.98 Å². The summed E-state index contributed by atoms with van der Waals surface area (Å²) in [6.07, 6.45) is 6.16. The summed E-state index contributed by atoms with van der Waals surface area (Å²) in [6, 6.07) is 2.07. The van der Waals surface area contributed by atoms with Crippen LogP contribution < -0.4 is 11.1 Å². The van der Waals surface area contributed by atoms with Gasteiger partial charge < -0.3 is 20.2 Å². The van der Waals surface area contributed by atoms with Gasteiger partial charge in [-0.1, -0.05) is 0 Å². The van der Waals surface area contributed by atoms with Crippen molar-refractivity contribution in [3.05, 3.63) is 54.4 Å². The van der Waals surface area contributed by atoms with E-state index in [1.54, 1.807) is 40.8 Å². The highest BCUT2D eigenvalue weighted by Crippen LogP contribution is 2.29. The second-order valence-corrected chi connectivity index (χ2v) is 6.14. The molecule has 0 aliphatic carbocycles. The summed E-state index contributed by atoms with van der Waals surface area (Å²) in [7, 11) is 1.85. The highest BCUT2D eigenvalue weighted by atomic mass is 19.1. The summed E-state index contributed by atoms with van der Waals surface area (Å²) in [5.74, 6) is -0.313. The fraction of sp³-hybridized carbons (Fsp3) is 0.176. The molecule has 0 fully saturated rings. The van der Waals surface area contributed by atoms with Crippen molar-refractivity contribution in [2.75, 3.05) is 11.1 Å². The molecule has 0 saturated carbocycles. The third-order valence-corrected chi connectivity index (χ3v) is 4.19. The minimum absolute atomic E-state index is 0.0561. The summed E-state index contributed by atoms with van der Waals surface area (Å²) < 4.78 is 30.8. The Hall–Kier alpha value is -3.56. The summed E-state index contributed by atoms with van der Waals surface area (Å²) >= 11 is 0. The van der Waals surface area contributed by atoms with E-state index in [2.05, 4.69) is 25.3 Å². The number of rotatable bonds is 4. The van der Waals surface area contributed by atoms with Crippen LogP contribution in [0.25, 0.3) is 11.0 Å². The maximum atomic E-state index is 14.1. The van der Waals surface area contributed by atoms with Crippen LogP contribution in [0, 0.1) is 11.6 Å². The van der Waals surface area contributed by atoms with Crippen molar-refractivity contribution < 1.29 is 8.78 Å². The topological polar surface area (TPSA) is 99.5 Å². The lowest BCUT2D eigenvalue weighted by molar-refractivity contribution is 0.524. The number of nitrogens with zero attached hydrogens (tertiary/aromatic N) is 6. The van der Waals surface area contributed by atoms with Gasteiger partial charge in [0.25, 0.3) is 0 Å². The highest BCUT2D eigenvalue weighted by Gasteiger charge is 2.19. The van der Waals surface area contributed by atoms with Crippen LogP contribution in [0.4, 0.5) is 26.4 Å². The molecule has 0 bridgehead atoms. The Balaban J connectivity index is 1.79. The standard InChI is InChI=1S/C17H16F2N8/c1-9(14-12(19)5-10(18)6-21-14)27-4-3-11-15(24-17(20)25-16(11)27)23-13-7-26(2)8-22-13/h3-9H,1-2H3,(H3,20,23,24,25)/t9-/m1/s1. The number of aromatic nitrogens is 6. The van der Waals surface area contributed by atoms with E-state index < -0.39 is 17.7 Å². The van der Waals surface area contributed by atoms with Crippen LogP contribution >= 0.6 is 0 Å². The van der Waals surface area contributed by atoms with Crippen molar-refractivity contribution in [3.8, 4) is 0 Å². The fourth-order valence-corrected chi connectivity index (χ4v) is 2.92. The third-order valence-electron chi connectivity index (χ3n) is 4.19. The second-order valence-electron chi connectivity index (χ2n) is 6.14. The van der Waals surface area contributed by atoms with Gasteiger partial charge >= 0.3 is 0 Å². The molecule has 4 heterocycles. The number of nitrogen functional groups attached to an aromatic ring is 1. The Bertz CT molecular complexity index is 1130. The van der Waals surface area contributed by atoms with Gasteiger partial charge in [-0.2, -0.15) is 9.97 Å². The minimum atomic E-state index is -0.728. The number of nitrogens with one attached hydrogen (secondary N) is 1. The van der Waals surface area contributed by atoms with Crippen molar-refractivity contribution in [2.45, 2.75) is 13.0 Å². The maximum absolute atomic E-state index is 14.1.